The highest BCUT2D eigenvalue weighted by Gasteiger charge is 2.33. The zero-order chi connectivity index (χ0) is 18.7. The number of H-pyrrole nitrogens is 1. The lowest BCUT2D eigenvalue weighted by atomic mass is 9.83. The van der Waals surface area contributed by atoms with Crippen molar-refractivity contribution in [2.75, 3.05) is 32.8 Å². The highest BCUT2D eigenvalue weighted by atomic mass is 127. The summed E-state index contributed by atoms with van der Waals surface area (Å²) in [6.07, 6.45) is 10.4. The molecule has 1 aliphatic carbocycles. The third-order valence-electron chi connectivity index (χ3n) is 5.41. The molecule has 0 radical (unpaired) electrons. The Balaban J connectivity index is 0.00000364. The van der Waals surface area contributed by atoms with Gasteiger partial charge in [-0.1, -0.05) is 12.8 Å². The zero-order valence-electron chi connectivity index (χ0n) is 17.3. The molecular formula is C20H38IN5O. The van der Waals surface area contributed by atoms with E-state index in [1.54, 1.807) is 0 Å². The van der Waals surface area contributed by atoms with Gasteiger partial charge in [-0.05, 0) is 63.9 Å². The van der Waals surface area contributed by atoms with E-state index < -0.39 is 0 Å². The number of nitrogens with one attached hydrogen (secondary N) is 3. The van der Waals surface area contributed by atoms with E-state index in [-0.39, 0.29) is 24.0 Å². The number of aliphatic imine (C=N–C) groups is 1. The van der Waals surface area contributed by atoms with Gasteiger partial charge in [0.25, 0.3) is 0 Å². The quantitative estimate of drug-likeness (QED) is 0.191. The number of aromatic nitrogens is 2. The van der Waals surface area contributed by atoms with Gasteiger partial charge in [-0.25, -0.2) is 0 Å². The molecule has 0 amide bonds. The van der Waals surface area contributed by atoms with Crippen molar-refractivity contribution in [3.8, 4) is 0 Å². The van der Waals surface area contributed by atoms with Crippen LogP contribution in [0.5, 0.6) is 0 Å². The number of aryl methyl sites for hydroxylation is 2. The molecule has 1 aromatic rings. The number of guanidine groups is 1. The van der Waals surface area contributed by atoms with E-state index >= 15 is 0 Å². The first-order valence-corrected chi connectivity index (χ1v) is 10.3. The van der Waals surface area contributed by atoms with Gasteiger partial charge in [0.05, 0.1) is 6.20 Å². The minimum atomic E-state index is 0. The summed E-state index contributed by atoms with van der Waals surface area (Å²) in [4.78, 5) is 4.92. The number of halogens is 1. The predicted octanol–water partition coefficient (Wildman–Crippen LogP) is 3.81. The summed E-state index contributed by atoms with van der Waals surface area (Å²) in [6.45, 7) is 10.6. The van der Waals surface area contributed by atoms with Crippen LogP contribution < -0.4 is 10.6 Å². The van der Waals surface area contributed by atoms with E-state index in [4.69, 9.17) is 9.73 Å². The van der Waals surface area contributed by atoms with Crippen molar-refractivity contribution in [3.63, 3.8) is 0 Å². The minimum absolute atomic E-state index is 0. The van der Waals surface area contributed by atoms with Crippen molar-refractivity contribution in [3.05, 3.63) is 17.5 Å². The van der Waals surface area contributed by atoms with Gasteiger partial charge in [-0.15, -0.1) is 24.0 Å². The first kappa shape index (κ1) is 24.2. The van der Waals surface area contributed by atoms with E-state index in [0.29, 0.717) is 5.41 Å². The third kappa shape index (κ3) is 8.37. The van der Waals surface area contributed by atoms with Gasteiger partial charge in [-0.3, -0.25) is 10.1 Å². The standard InChI is InChI=1S/C20H37N5O.HI/c1-4-21-19(22-13-8-9-18-15-24-25-17(18)3)23-16-20(10-6-7-11-20)12-14-26-5-2;/h15H,4-14,16H2,1-3H3,(H,24,25)(H2,21,22,23);1H. The molecule has 1 aliphatic rings. The maximum absolute atomic E-state index is 5.61. The maximum atomic E-state index is 5.61. The normalized spacial score (nSPS) is 16.2. The van der Waals surface area contributed by atoms with Crippen LogP contribution in [0.1, 0.15) is 63.6 Å². The van der Waals surface area contributed by atoms with Gasteiger partial charge < -0.3 is 15.4 Å². The molecule has 0 bridgehead atoms. The Labute approximate surface area is 181 Å². The average Bonchev–Trinajstić information content (AvgIpc) is 3.26. The molecule has 0 aliphatic heterocycles. The summed E-state index contributed by atoms with van der Waals surface area (Å²) in [5.74, 6) is 0.944. The summed E-state index contributed by atoms with van der Waals surface area (Å²) in [5, 5.41) is 14.0. The van der Waals surface area contributed by atoms with Crippen molar-refractivity contribution in [2.24, 2.45) is 10.4 Å². The van der Waals surface area contributed by atoms with Crippen LogP contribution in [-0.2, 0) is 11.2 Å². The zero-order valence-corrected chi connectivity index (χ0v) is 19.6. The molecule has 6 nitrogen and oxygen atoms in total. The lowest BCUT2D eigenvalue weighted by molar-refractivity contribution is 0.107. The van der Waals surface area contributed by atoms with E-state index in [2.05, 4.69) is 41.6 Å². The molecule has 1 fully saturated rings. The lowest BCUT2D eigenvalue weighted by Crippen LogP contribution is -2.39. The second kappa shape index (κ2) is 13.4. The van der Waals surface area contributed by atoms with E-state index in [0.717, 1.165) is 58.1 Å². The van der Waals surface area contributed by atoms with Gasteiger partial charge in [0.2, 0.25) is 0 Å². The Morgan fingerprint density at radius 3 is 2.70 bits per heavy atom. The second-order valence-electron chi connectivity index (χ2n) is 7.40. The molecule has 0 saturated heterocycles. The van der Waals surface area contributed by atoms with Gasteiger partial charge in [0.15, 0.2) is 5.96 Å². The lowest BCUT2D eigenvalue weighted by Gasteiger charge is -2.27. The number of hydrogen-bond acceptors (Lipinski definition) is 3. The molecule has 3 N–H and O–H groups in total. The molecule has 0 atom stereocenters. The highest BCUT2D eigenvalue weighted by Crippen LogP contribution is 2.41. The summed E-state index contributed by atoms with van der Waals surface area (Å²) >= 11 is 0. The molecule has 27 heavy (non-hydrogen) atoms. The van der Waals surface area contributed by atoms with Crippen LogP contribution in [0.3, 0.4) is 0 Å². The molecule has 1 heterocycles. The Kier molecular flexibility index (Phi) is 12.0. The van der Waals surface area contributed by atoms with Crippen molar-refractivity contribution >= 4 is 29.9 Å². The maximum Gasteiger partial charge on any atom is 0.191 e. The van der Waals surface area contributed by atoms with Gasteiger partial charge in [0.1, 0.15) is 0 Å². The van der Waals surface area contributed by atoms with Crippen LogP contribution >= 0.6 is 24.0 Å². The van der Waals surface area contributed by atoms with Crippen molar-refractivity contribution in [1.82, 2.24) is 20.8 Å². The SMILES string of the molecule is CCNC(=NCC1(CCOCC)CCCC1)NCCCc1cn[nH]c1C.I. The molecule has 2 rings (SSSR count). The molecule has 0 aromatic carbocycles. The summed E-state index contributed by atoms with van der Waals surface area (Å²) < 4.78 is 5.61. The average molecular weight is 491 g/mol. The Bertz CT molecular complexity index is 540. The fourth-order valence-electron chi connectivity index (χ4n) is 3.75. The van der Waals surface area contributed by atoms with Crippen LogP contribution in [-0.4, -0.2) is 49.0 Å². The van der Waals surface area contributed by atoms with Crippen LogP contribution in [0.4, 0.5) is 0 Å². The fourth-order valence-corrected chi connectivity index (χ4v) is 3.75. The van der Waals surface area contributed by atoms with Crippen LogP contribution in [0.2, 0.25) is 0 Å². The molecule has 1 saturated carbocycles. The van der Waals surface area contributed by atoms with Gasteiger partial charge in [0, 0.05) is 38.5 Å². The number of aromatic amines is 1. The molecule has 0 unspecified atom stereocenters. The molecular weight excluding hydrogens is 453 g/mol. The van der Waals surface area contributed by atoms with Crippen molar-refractivity contribution in [2.45, 2.75) is 65.7 Å². The first-order valence-electron chi connectivity index (χ1n) is 10.3. The van der Waals surface area contributed by atoms with Crippen molar-refractivity contribution < 1.29 is 4.74 Å². The summed E-state index contributed by atoms with van der Waals surface area (Å²) in [5.41, 5.74) is 2.81. The largest absolute Gasteiger partial charge is 0.382 e. The van der Waals surface area contributed by atoms with Crippen LogP contribution in [0.15, 0.2) is 11.2 Å². The molecule has 0 spiro atoms. The number of hydrogen-bond donors (Lipinski definition) is 3. The first-order chi connectivity index (χ1) is 12.7. The minimum Gasteiger partial charge on any atom is -0.382 e. The summed E-state index contributed by atoms with van der Waals surface area (Å²) in [6, 6.07) is 0. The smallest absolute Gasteiger partial charge is 0.191 e. The Morgan fingerprint density at radius 2 is 2.07 bits per heavy atom. The molecule has 156 valence electrons. The van der Waals surface area contributed by atoms with Crippen molar-refractivity contribution in [1.29, 1.82) is 0 Å². The Morgan fingerprint density at radius 1 is 1.30 bits per heavy atom. The van der Waals surface area contributed by atoms with Crippen LogP contribution in [0.25, 0.3) is 0 Å². The number of ether oxygens (including phenoxy) is 1. The molecule has 7 heteroatoms. The summed E-state index contributed by atoms with van der Waals surface area (Å²) in [7, 11) is 0. The topological polar surface area (TPSA) is 74.3 Å². The van der Waals surface area contributed by atoms with E-state index in [9.17, 15) is 0 Å². The number of rotatable bonds is 11. The highest BCUT2D eigenvalue weighted by molar-refractivity contribution is 14.0. The van der Waals surface area contributed by atoms with Crippen LogP contribution in [0, 0.1) is 12.3 Å². The van der Waals surface area contributed by atoms with E-state index in [1.807, 2.05) is 6.20 Å². The fraction of sp³-hybridized carbons (Fsp3) is 0.800. The Hall–Kier alpha value is -0.830. The van der Waals surface area contributed by atoms with Gasteiger partial charge in [-0.2, -0.15) is 5.10 Å². The van der Waals surface area contributed by atoms with Gasteiger partial charge >= 0.3 is 0 Å². The monoisotopic (exact) mass is 491 g/mol. The number of nitrogens with zero attached hydrogens (tertiary/aromatic N) is 2. The molecule has 1 aromatic heterocycles. The van der Waals surface area contributed by atoms with E-state index in [1.165, 1.54) is 36.9 Å². The second-order valence-corrected chi connectivity index (χ2v) is 7.40. The third-order valence-corrected chi connectivity index (χ3v) is 5.41. The predicted molar refractivity (Wildman–Crippen MR) is 123 cm³/mol.